The number of ether oxygens (including phenoxy) is 2. The standard InChI is InChI=1S/C19H23NO3/c1-3-22-19(21)7-5-4-6-16-10-13-18(14-20-16)23-17-11-8-15(2)9-12-17/h8-14H,3-7H2,1-2H3. The monoisotopic (exact) mass is 313 g/mol. The molecule has 0 aliphatic carbocycles. The predicted molar refractivity (Wildman–Crippen MR) is 89.7 cm³/mol. The third kappa shape index (κ3) is 6.10. The lowest BCUT2D eigenvalue weighted by atomic mass is 10.1. The molecule has 2 aromatic rings. The first-order valence-corrected chi connectivity index (χ1v) is 8.02. The summed E-state index contributed by atoms with van der Waals surface area (Å²) in [7, 11) is 0. The van der Waals surface area contributed by atoms with Crippen molar-refractivity contribution in [1.82, 2.24) is 4.98 Å². The van der Waals surface area contributed by atoms with Gasteiger partial charge in [0.25, 0.3) is 0 Å². The van der Waals surface area contributed by atoms with Gasteiger partial charge in [-0.15, -0.1) is 0 Å². The zero-order valence-electron chi connectivity index (χ0n) is 13.7. The molecular weight excluding hydrogens is 290 g/mol. The molecule has 1 heterocycles. The fourth-order valence-corrected chi connectivity index (χ4v) is 2.17. The van der Waals surface area contributed by atoms with E-state index in [0.29, 0.717) is 13.0 Å². The Kier molecular flexibility index (Phi) is 6.60. The second kappa shape index (κ2) is 8.93. The average molecular weight is 313 g/mol. The van der Waals surface area contributed by atoms with Crippen LogP contribution >= 0.6 is 0 Å². The van der Waals surface area contributed by atoms with E-state index in [1.807, 2.05) is 50.2 Å². The number of hydrogen-bond donors (Lipinski definition) is 0. The Bertz CT molecular complexity index is 606. The number of unbranched alkanes of at least 4 members (excludes halogenated alkanes) is 1. The van der Waals surface area contributed by atoms with Crippen LogP contribution < -0.4 is 4.74 Å². The summed E-state index contributed by atoms with van der Waals surface area (Å²) in [5, 5.41) is 0. The predicted octanol–water partition coefficient (Wildman–Crippen LogP) is 4.46. The molecule has 0 atom stereocenters. The van der Waals surface area contributed by atoms with Crippen molar-refractivity contribution < 1.29 is 14.3 Å². The lowest BCUT2D eigenvalue weighted by molar-refractivity contribution is -0.143. The van der Waals surface area contributed by atoms with Crippen LogP contribution in [0.5, 0.6) is 11.5 Å². The Morgan fingerprint density at radius 2 is 1.78 bits per heavy atom. The molecule has 4 heteroatoms. The van der Waals surface area contributed by atoms with Gasteiger partial charge in [-0.25, -0.2) is 0 Å². The Labute approximate surface area is 137 Å². The summed E-state index contributed by atoms with van der Waals surface area (Å²) in [6, 6.07) is 11.8. The molecule has 0 N–H and O–H groups in total. The first-order valence-electron chi connectivity index (χ1n) is 8.02. The number of rotatable bonds is 8. The van der Waals surface area contributed by atoms with Crippen LogP contribution in [0.3, 0.4) is 0 Å². The minimum atomic E-state index is -0.123. The van der Waals surface area contributed by atoms with Gasteiger partial charge in [-0.05, 0) is 57.4 Å². The van der Waals surface area contributed by atoms with Gasteiger partial charge in [0.05, 0.1) is 12.8 Å². The van der Waals surface area contributed by atoms with Gasteiger partial charge in [0.1, 0.15) is 11.5 Å². The molecule has 1 aromatic heterocycles. The van der Waals surface area contributed by atoms with Crippen LogP contribution in [-0.2, 0) is 16.0 Å². The lowest BCUT2D eigenvalue weighted by Gasteiger charge is -2.06. The Morgan fingerprint density at radius 1 is 1.04 bits per heavy atom. The fourth-order valence-electron chi connectivity index (χ4n) is 2.17. The lowest BCUT2D eigenvalue weighted by Crippen LogP contribution is -2.03. The van der Waals surface area contributed by atoms with Crippen molar-refractivity contribution in [3.05, 3.63) is 53.9 Å². The van der Waals surface area contributed by atoms with Gasteiger partial charge in [-0.3, -0.25) is 9.78 Å². The molecular formula is C19H23NO3. The highest BCUT2D eigenvalue weighted by molar-refractivity contribution is 5.69. The van der Waals surface area contributed by atoms with E-state index in [0.717, 1.165) is 36.5 Å². The minimum absolute atomic E-state index is 0.123. The average Bonchev–Trinajstić information content (AvgIpc) is 2.55. The summed E-state index contributed by atoms with van der Waals surface area (Å²) in [6.45, 7) is 4.31. The molecule has 0 radical (unpaired) electrons. The summed E-state index contributed by atoms with van der Waals surface area (Å²) in [6.07, 6.45) is 4.80. The van der Waals surface area contributed by atoms with E-state index in [4.69, 9.17) is 9.47 Å². The number of hydrogen-bond acceptors (Lipinski definition) is 4. The summed E-state index contributed by atoms with van der Waals surface area (Å²) in [4.78, 5) is 15.6. The van der Waals surface area contributed by atoms with Crippen LogP contribution in [-0.4, -0.2) is 17.6 Å². The third-order valence-electron chi connectivity index (χ3n) is 3.42. The van der Waals surface area contributed by atoms with E-state index in [-0.39, 0.29) is 5.97 Å². The van der Waals surface area contributed by atoms with Crippen molar-refractivity contribution >= 4 is 5.97 Å². The van der Waals surface area contributed by atoms with Gasteiger partial charge in [-0.2, -0.15) is 0 Å². The van der Waals surface area contributed by atoms with Crippen LogP contribution in [0, 0.1) is 6.92 Å². The molecule has 0 saturated heterocycles. The highest BCUT2D eigenvalue weighted by Crippen LogP contribution is 2.21. The van der Waals surface area contributed by atoms with Crippen molar-refractivity contribution in [3.63, 3.8) is 0 Å². The molecule has 2 rings (SSSR count). The van der Waals surface area contributed by atoms with E-state index in [1.165, 1.54) is 5.56 Å². The zero-order valence-corrected chi connectivity index (χ0v) is 13.7. The number of aryl methyl sites for hydroxylation is 2. The van der Waals surface area contributed by atoms with Crippen LogP contribution in [0.4, 0.5) is 0 Å². The van der Waals surface area contributed by atoms with E-state index < -0.39 is 0 Å². The fraction of sp³-hybridized carbons (Fsp3) is 0.368. The Morgan fingerprint density at radius 3 is 2.43 bits per heavy atom. The summed E-state index contributed by atoms with van der Waals surface area (Å²) in [5.74, 6) is 1.41. The largest absolute Gasteiger partial charge is 0.466 e. The number of esters is 1. The van der Waals surface area contributed by atoms with E-state index in [9.17, 15) is 4.79 Å². The second-order valence-corrected chi connectivity index (χ2v) is 5.41. The quantitative estimate of drug-likeness (QED) is 0.533. The molecule has 0 saturated carbocycles. The number of carbonyl (C=O) groups excluding carboxylic acids is 1. The maximum Gasteiger partial charge on any atom is 0.305 e. The van der Waals surface area contributed by atoms with Gasteiger partial charge in [-0.1, -0.05) is 17.7 Å². The SMILES string of the molecule is CCOC(=O)CCCCc1ccc(Oc2ccc(C)cc2)cn1. The second-order valence-electron chi connectivity index (χ2n) is 5.41. The van der Waals surface area contributed by atoms with Crippen molar-refractivity contribution in [2.24, 2.45) is 0 Å². The van der Waals surface area contributed by atoms with Gasteiger partial charge in [0.15, 0.2) is 0 Å². The first-order chi connectivity index (χ1) is 11.2. The van der Waals surface area contributed by atoms with Crippen LogP contribution in [0.2, 0.25) is 0 Å². The minimum Gasteiger partial charge on any atom is -0.466 e. The molecule has 4 nitrogen and oxygen atoms in total. The molecule has 0 fully saturated rings. The highest BCUT2D eigenvalue weighted by Gasteiger charge is 2.03. The van der Waals surface area contributed by atoms with Gasteiger partial charge < -0.3 is 9.47 Å². The number of benzene rings is 1. The van der Waals surface area contributed by atoms with Crippen molar-refractivity contribution in [1.29, 1.82) is 0 Å². The molecule has 0 aliphatic heterocycles. The molecule has 0 unspecified atom stereocenters. The molecule has 1 aromatic carbocycles. The smallest absolute Gasteiger partial charge is 0.305 e. The van der Waals surface area contributed by atoms with Gasteiger partial charge in [0.2, 0.25) is 0 Å². The maximum absolute atomic E-state index is 11.2. The molecule has 0 amide bonds. The molecule has 0 aliphatic rings. The summed E-state index contributed by atoms with van der Waals surface area (Å²) >= 11 is 0. The van der Waals surface area contributed by atoms with E-state index in [2.05, 4.69) is 4.98 Å². The number of aromatic nitrogens is 1. The van der Waals surface area contributed by atoms with Crippen LogP contribution in [0.1, 0.15) is 37.4 Å². The number of pyridine rings is 1. The van der Waals surface area contributed by atoms with E-state index in [1.54, 1.807) is 6.20 Å². The van der Waals surface area contributed by atoms with E-state index >= 15 is 0 Å². The maximum atomic E-state index is 11.2. The molecule has 122 valence electrons. The summed E-state index contributed by atoms with van der Waals surface area (Å²) < 4.78 is 10.7. The van der Waals surface area contributed by atoms with Crippen molar-refractivity contribution in [2.45, 2.75) is 39.5 Å². The van der Waals surface area contributed by atoms with Crippen LogP contribution in [0.25, 0.3) is 0 Å². The normalized spacial score (nSPS) is 10.3. The first kappa shape index (κ1) is 17.0. The number of nitrogens with zero attached hydrogens (tertiary/aromatic N) is 1. The Balaban J connectivity index is 1.76. The molecule has 23 heavy (non-hydrogen) atoms. The highest BCUT2D eigenvalue weighted by atomic mass is 16.5. The van der Waals surface area contributed by atoms with Crippen LogP contribution in [0.15, 0.2) is 42.6 Å². The summed E-state index contributed by atoms with van der Waals surface area (Å²) in [5.41, 5.74) is 2.21. The number of carbonyl (C=O) groups is 1. The molecule has 0 spiro atoms. The molecule has 0 bridgehead atoms. The van der Waals surface area contributed by atoms with Gasteiger partial charge >= 0.3 is 5.97 Å². The van der Waals surface area contributed by atoms with Gasteiger partial charge in [0, 0.05) is 12.1 Å². The van der Waals surface area contributed by atoms with Crippen molar-refractivity contribution in [2.75, 3.05) is 6.61 Å². The van der Waals surface area contributed by atoms with Crippen molar-refractivity contribution in [3.8, 4) is 11.5 Å². The zero-order chi connectivity index (χ0) is 16.5. The topological polar surface area (TPSA) is 48.4 Å². The third-order valence-corrected chi connectivity index (χ3v) is 3.42. The Hall–Kier alpha value is -2.36.